The zero-order valence-corrected chi connectivity index (χ0v) is 8.12. The minimum Gasteiger partial charge on any atom is -0.485 e. The molecule has 1 aliphatic rings. The third-order valence-electron chi connectivity index (χ3n) is 2.13. The molecule has 2 heterocycles. The molecule has 0 saturated carbocycles. The van der Waals surface area contributed by atoms with Crippen LogP contribution >= 0.6 is 12.6 Å². The number of imidazole rings is 1. The number of nitrogens with zero attached hydrogens (tertiary/aromatic N) is 1. The van der Waals surface area contributed by atoms with Crippen molar-refractivity contribution in [2.24, 2.45) is 0 Å². The smallest absolute Gasteiger partial charge is 0.175 e. The normalized spacial score (nSPS) is 19.9. The zero-order chi connectivity index (χ0) is 9.54. The van der Waals surface area contributed by atoms with Crippen molar-refractivity contribution >= 4 is 23.7 Å². The molecule has 0 saturated heterocycles. The Kier molecular flexibility index (Phi) is 1.61. The van der Waals surface area contributed by atoms with E-state index in [1.54, 1.807) is 6.33 Å². The number of hydrogen-bond acceptors (Lipinski definition) is 4. The second-order valence-electron chi connectivity index (χ2n) is 3.10. The summed E-state index contributed by atoms with van der Waals surface area (Å²) in [6.45, 7) is 0.464. The van der Waals surface area contributed by atoms with Gasteiger partial charge in [-0.15, -0.1) is 12.6 Å². The summed E-state index contributed by atoms with van der Waals surface area (Å²) in [5, 5.41) is 0. The predicted molar refractivity (Wildman–Crippen MR) is 55.0 cm³/mol. The lowest BCUT2D eigenvalue weighted by molar-refractivity contribution is 0.150. The number of thiol groups is 1. The molecule has 1 aromatic carbocycles. The third-order valence-corrected chi connectivity index (χ3v) is 2.38. The molecule has 5 heteroatoms. The van der Waals surface area contributed by atoms with Crippen LogP contribution in [0.2, 0.25) is 0 Å². The molecule has 72 valence electrons. The molecule has 0 aliphatic carbocycles. The first-order valence-corrected chi connectivity index (χ1v) is 4.79. The van der Waals surface area contributed by atoms with Crippen LogP contribution in [0.25, 0.3) is 11.0 Å². The predicted octanol–water partition coefficient (Wildman–Crippen LogP) is 1.59. The molecule has 1 aliphatic heterocycles. The number of benzene rings is 1. The second-order valence-corrected chi connectivity index (χ2v) is 3.68. The van der Waals surface area contributed by atoms with Crippen molar-refractivity contribution in [3.05, 3.63) is 18.5 Å². The van der Waals surface area contributed by atoms with Gasteiger partial charge >= 0.3 is 0 Å². The highest BCUT2D eigenvalue weighted by Crippen LogP contribution is 2.35. The van der Waals surface area contributed by atoms with Crippen LogP contribution in [0, 0.1) is 0 Å². The summed E-state index contributed by atoms with van der Waals surface area (Å²) in [4.78, 5) is 7.15. The Morgan fingerprint density at radius 2 is 2.36 bits per heavy atom. The van der Waals surface area contributed by atoms with Gasteiger partial charge in [-0.1, -0.05) is 0 Å². The first-order chi connectivity index (χ1) is 6.83. The molecule has 1 atom stereocenters. The lowest BCUT2D eigenvalue weighted by Gasteiger charge is -2.22. The minimum atomic E-state index is -0.192. The van der Waals surface area contributed by atoms with E-state index in [-0.39, 0.29) is 5.44 Å². The molecule has 1 unspecified atom stereocenters. The Morgan fingerprint density at radius 1 is 1.43 bits per heavy atom. The van der Waals surface area contributed by atoms with E-state index < -0.39 is 0 Å². The van der Waals surface area contributed by atoms with Gasteiger partial charge in [0.05, 0.1) is 17.4 Å². The lowest BCUT2D eigenvalue weighted by Crippen LogP contribution is -2.23. The van der Waals surface area contributed by atoms with Crippen LogP contribution in [0.3, 0.4) is 0 Å². The van der Waals surface area contributed by atoms with Crippen LogP contribution in [0.15, 0.2) is 18.5 Å². The summed E-state index contributed by atoms with van der Waals surface area (Å²) in [7, 11) is 0. The van der Waals surface area contributed by atoms with E-state index in [0.717, 1.165) is 16.8 Å². The van der Waals surface area contributed by atoms with Crippen molar-refractivity contribution in [3.63, 3.8) is 0 Å². The fourth-order valence-electron chi connectivity index (χ4n) is 1.49. The van der Waals surface area contributed by atoms with Gasteiger partial charge in [-0.3, -0.25) is 0 Å². The van der Waals surface area contributed by atoms with E-state index in [9.17, 15) is 0 Å². The van der Waals surface area contributed by atoms with Gasteiger partial charge < -0.3 is 14.5 Å². The van der Waals surface area contributed by atoms with Crippen molar-refractivity contribution < 1.29 is 9.47 Å². The molecule has 14 heavy (non-hydrogen) atoms. The largest absolute Gasteiger partial charge is 0.485 e. The Labute approximate surface area is 85.6 Å². The van der Waals surface area contributed by atoms with Crippen LogP contribution < -0.4 is 9.47 Å². The average Bonchev–Trinajstić information content (AvgIpc) is 2.61. The fraction of sp³-hybridized carbons (Fsp3) is 0.222. The number of nitrogens with one attached hydrogen (secondary N) is 1. The van der Waals surface area contributed by atoms with Crippen molar-refractivity contribution in [1.29, 1.82) is 0 Å². The van der Waals surface area contributed by atoms with Crippen molar-refractivity contribution in [1.82, 2.24) is 9.97 Å². The van der Waals surface area contributed by atoms with Gasteiger partial charge in [-0.25, -0.2) is 4.98 Å². The lowest BCUT2D eigenvalue weighted by atomic mass is 10.2. The first-order valence-electron chi connectivity index (χ1n) is 4.27. The van der Waals surface area contributed by atoms with E-state index in [4.69, 9.17) is 9.47 Å². The average molecular weight is 208 g/mol. The topological polar surface area (TPSA) is 47.1 Å². The SMILES string of the molecule is SC1COc2cc3nc[nH]c3cc2O1. The van der Waals surface area contributed by atoms with Crippen LogP contribution in [-0.4, -0.2) is 22.0 Å². The number of H-pyrrole nitrogens is 1. The Hall–Kier alpha value is -1.36. The van der Waals surface area contributed by atoms with E-state index in [1.807, 2.05) is 12.1 Å². The summed E-state index contributed by atoms with van der Waals surface area (Å²) in [6, 6.07) is 3.74. The zero-order valence-electron chi connectivity index (χ0n) is 7.23. The van der Waals surface area contributed by atoms with Gasteiger partial charge in [0.15, 0.2) is 16.9 Å². The Bertz CT molecular complexity index is 483. The highest BCUT2D eigenvalue weighted by molar-refractivity contribution is 7.80. The molecule has 0 amide bonds. The van der Waals surface area contributed by atoms with E-state index in [1.165, 1.54) is 0 Å². The van der Waals surface area contributed by atoms with Crippen molar-refractivity contribution in [2.45, 2.75) is 5.44 Å². The number of hydrogen-bond donors (Lipinski definition) is 2. The highest BCUT2D eigenvalue weighted by Gasteiger charge is 2.18. The van der Waals surface area contributed by atoms with Crippen LogP contribution in [0.5, 0.6) is 11.5 Å². The van der Waals surface area contributed by atoms with Crippen LogP contribution in [0.1, 0.15) is 0 Å². The molecule has 0 bridgehead atoms. The molecule has 1 N–H and O–H groups in total. The molecular formula is C9H8N2O2S. The highest BCUT2D eigenvalue weighted by atomic mass is 32.1. The first kappa shape index (κ1) is 7.99. The maximum atomic E-state index is 5.50. The molecule has 0 spiro atoms. The second kappa shape index (κ2) is 2.81. The Balaban J connectivity index is 2.19. The summed E-state index contributed by atoms with van der Waals surface area (Å²) in [5.74, 6) is 1.45. The molecular weight excluding hydrogens is 200 g/mol. The number of aromatic nitrogens is 2. The van der Waals surface area contributed by atoms with Gasteiger partial charge in [0.1, 0.15) is 6.61 Å². The van der Waals surface area contributed by atoms with Crippen LogP contribution in [-0.2, 0) is 0 Å². The summed E-state index contributed by atoms with van der Waals surface area (Å²) in [6.07, 6.45) is 1.65. The van der Waals surface area contributed by atoms with Gasteiger partial charge in [-0.05, 0) is 0 Å². The van der Waals surface area contributed by atoms with Crippen molar-refractivity contribution in [2.75, 3.05) is 6.61 Å². The van der Waals surface area contributed by atoms with Gasteiger partial charge in [-0.2, -0.15) is 0 Å². The fourth-order valence-corrected chi connectivity index (χ4v) is 1.68. The minimum absolute atomic E-state index is 0.192. The van der Waals surface area contributed by atoms with E-state index in [0.29, 0.717) is 12.4 Å². The number of rotatable bonds is 0. The summed E-state index contributed by atoms with van der Waals surface area (Å²) >= 11 is 4.19. The molecule has 1 aromatic heterocycles. The molecule has 3 rings (SSSR count). The van der Waals surface area contributed by atoms with Crippen molar-refractivity contribution in [3.8, 4) is 11.5 Å². The third kappa shape index (κ3) is 1.13. The van der Waals surface area contributed by atoms with E-state index in [2.05, 4.69) is 22.6 Å². The van der Waals surface area contributed by atoms with E-state index >= 15 is 0 Å². The number of fused-ring (bicyclic) bond motifs is 2. The van der Waals surface area contributed by atoms with Gasteiger partial charge in [0.2, 0.25) is 0 Å². The standard InChI is InChI=1S/C9H8N2O2S/c14-9-3-12-7-1-5-6(11-4-10-5)2-8(7)13-9/h1-2,4,9,14H,3H2,(H,10,11). The van der Waals surface area contributed by atoms with Crippen LogP contribution in [0.4, 0.5) is 0 Å². The number of ether oxygens (including phenoxy) is 2. The number of aromatic amines is 1. The molecule has 4 nitrogen and oxygen atoms in total. The summed E-state index contributed by atoms with van der Waals surface area (Å²) < 4.78 is 11.0. The maximum absolute atomic E-state index is 5.50. The molecule has 2 aromatic rings. The molecule has 0 radical (unpaired) electrons. The Morgan fingerprint density at radius 3 is 3.29 bits per heavy atom. The monoisotopic (exact) mass is 208 g/mol. The summed E-state index contributed by atoms with van der Waals surface area (Å²) in [5.41, 5.74) is 1.63. The maximum Gasteiger partial charge on any atom is 0.175 e. The van der Waals surface area contributed by atoms with Gasteiger partial charge in [0.25, 0.3) is 0 Å². The molecule has 0 fully saturated rings. The van der Waals surface area contributed by atoms with Gasteiger partial charge in [0, 0.05) is 12.1 Å². The quantitative estimate of drug-likeness (QED) is 0.646.